The van der Waals surface area contributed by atoms with Crippen molar-refractivity contribution in [3.05, 3.63) is 0 Å². The Bertz CT molecular complexity index is 462. The Morgan fingerprint density at radius 1 is 0.846 bits per heavy atom. The molecule has 1 heterocycles. The predicted molar refractivity (Wildman–Crippen MR) is 112 cm³/mol. The normalized spacial score (nSPS) is 27.8. The van der Waals surface area contributed by atoms with Crippen molar-refractivity contribution in [3.8, 4) is 0 Å². The van der Waals surface area contributed by atoms with Gasteiger partial charge in [0.15, 0.2) is 14.5 Å². The first-order valence-corrected chi connectivity index (χ1v) is 12.8. The van der Waals surface area contributed by atoms with Gasteiger partial charge in [0.25, 0.3) is 0 Å². The van der Waals surface area contributed by atoms with Gasteiger partial charge in [0.1, 0.15) is 4.71 Å². The molecule has 7 heteroatoms. The zero-order valence-corrected chi connectivity index (χ0v) is 18.5. The second-order valence-electron chi connectivity index (χ2n) is 7.48. The Labute approximate surface area is 170 Å². The fourth-order valence-electron chi connectivity index (χ4n) is 3.68. The molecule has 0 saturated carbocycles. The van der Waals surface area contributed by atoms with Crippen LogP contribution in [0.2, 0.25) is 0 Å². The standard InChI is InChI=1S/C19H37Cl2NO3S/c1-2-3-10-13-16-17(19(21)26(24,25)18(16)20)22-14-11-8-6-4-5-7-9-12-15-23/h16-19,22-23H,2-15H2,1H3. The molecule has 1 fully saturated rings. The van der Waals surface area contributed by atoms with E-state index >= 15 is 0 Å². The van der Waals surface area contributed by atoms with Crippen molar-refractivity contribution in [2.45, 2.75) is 99.4 Å². The quantitative estimate of drug-likeness (QED) is 0.289. The van der Waals surface area contributed by atoms with Crippen LogP contribution >= 0.6 is 23.2 Å². The van der Waals surface area contributed by atoms with Crippen LogP contribution in [0.25, 0.3) is 0 Å². The van der Waals surface area contributed by atoms with Crippen LogP contribution in [0.15, 0.2) is 0 Å². The maximum Gasteiger partial charge on any atom is 0.185 e. The van der Waals surface area contributed by atoms with Gasteiger partial charge in [-0.3, -0.25) is 0 Å². The highest BCUT2D eigenvalue weighted by atomic mass is 35.5. The maximum absolute atomic E-state index is 12.3. The summed E-state index contributed by atoms with van der Waals surface area (Å²) in [5.74, 6) is -0.0951. The van der Waals surface area contributed by atoms with E-state index in [0.717, 1.165) is 57.9 Å². The van der Waals surface area contributed by atoms with Crippen LogP contribution in [0, 0.1) is 5.92 Å². The fraction of sp³-hybridized carbons (Fsp3) is 1.00. The van der Waals surface area contributed by atoms with Crippen molar-refractivity contribution < 1.29 is 13.5 Å². The summed E-state index contributed by atoms with van der Waals surface area (Å²) in [4.78, 5) is 0. The van der Waals surface area contributed by atoms with Gasteiger partial charge in [0.05, 0.1) is 0 Å². The van der Waals surface area contributed by atoms with Gasteiger partial charge >= 0.3 is 0 Å². The molecule has 156 valence electrons. The molecule has 4 unspecified atom stereocenters. The molecule has 0 aromatic carbocycles. The molecule has 1 saturated heterocycles. The lowest BCUT2D eigenvalue weighted by Crippen LogP contribution is -2.40. The smallest absolute Gasteiger partial charge is 0.185 e. The first-order valence-electron chi connectivity index (χ1n) is 10.3. The number of aliphatic hydroxyl groups excluding tert-OH is 1. The Balaban J connectivity index is 2.27. The van der Waals surface area contributed by atoms with E-state index in [0.29, 0.717) is 6.61 Å². The molecule has 0 aromatic heterocycles. The molecule has 0 bridgehead atoms. The Morgan fingerprint density at radius 3 is 2.00 bits per heavy atom. The minimum absolute atomic E-state index is 0.0951. The number of alkyl halides is 2. The van der Waals surface area contributed by atoms with Crippen LogP contribution < -0.4 is 5.32 Å². The Morgan fingerprint density at radius 2 is 1.42 bits per heavy atom. The van der Waals surface area contributed by atoms with Crippen LogP contribution in [-0.4, -0.2) is 42.1 Å². The predicted octanol–water partition coefficient (Wildman–Crippen LogP) is 4.81. The van der Waals surface area contributed by atoms with E-state index < -0.39 is 19.3 Å². The van der Waals surface area contributed by atoms with Gasteiger partial charge in [-0.1, -0.05) is 64.7 Å². The van der Waals surface area contributed by atoms with E-state index in [9.17, 15) is 8.42 Å². The topological polar surface area (TPSA) is 66.4 Å². The van der Waals surface area contributed by atoms with Crippen molar-refractivity contribution in [3.63, 3.8) is 0 Å². The second kappa shape index (κ2) is 13.6. The molecule has 0 amide bonds. The van der Waals surface area contributed by atoms with Crippen molar-refractivity contribution in [2.75, 3.05) is 13.2 Å². The minimum Gasteiger partial charge on any atom is -0.396 e. The third-order valence-corrected chi connectivity index (χ3v) is 9.30. The van der Waals surface area contributed by atoms with Gasteiger partial charge in [-0.05, 0) is 25.8 Å². The van der Waals surface area contributed by atoms with Crippen LogP contribution in [0.1, 0.15) is 84.0 Å². The summed E-state index contributed by atoms with van der Waals surface area (Å²) in [6.45, 7) is 3.23. The number of nitrogens with one attached hydrogen (secondary N) is 1. The molecular weight excluding hydrogens is 393 g/mol. The highest BCUT2D eigenvalue weighted by Crippen LogP contribution is 2.40. The average Bonchev–Trinajstić information content (AvgIpc) is 2.78. The molecular formula is C19H37Cl2NO3S. The molecule has 1 aliphatic rings. The molecule has 4 atom stereocenters. The van der Waals surface area contributed by atoms with E-state index in [4.69, 9.17) is 28.3 Å². The third-order valence-electron chi connectivity index (χ3n) is 5.31. The van der Waals surface area contributed by atoms with Crippen molar-refractivity contribution in [1.82, 2.24) is 5.32 Å². The van der Waals surface area contributed by atoms with Crippen LogP contribution in [0.3, 0.4) is 0 Å². The number of halogens is 2. The van der Waals surface area contributed by atoms with Gasteiger partial charge in [-0.25, -0.2) is 8.42 Å². The van der Waals surface area contributed by atoms with Crippen LogP contribution in [-0.2, 0) is 9.84 Å². The highest BCUT2D eigenvalue weighted by molar-refractivity contribution is 7.95. The molecule has 1 aliphatic heterocycles. The summed E-state index contributed by atoms with van der Waals surface area (Å²) in [7, 11) is -3.45. The van der Waals surface area contributed by atoms with E-state index in [1.165, 1.54) is 25.7 Å². The largest absolute Gasteiger partial charge is 0.396 e. The zero-order valence-electron chi connectivity index (χ0n) is 16.1. The number of unbranched alkanes of at least 4 members (excludes halogenated alkanes) is 9. The summed E-state index contributed by atoms with van der Waals surface area (Å²) in [6.07, 6.45) is 13.1. The lowest BCUT2D eigenvalue weighted by atomic mass is 9.96. The first kappa shape index (κ1) is 24.5. The zero-order chi connectivity index (χ0) is 19.4. The van der Waals surface area contributed by atoms with Gasteiger partial charge in [-0.15, -0.1) is 23.2 Å². The summed E-state index contributed by atoms with van der Waals surface area (Å²) >= 11 is 12.5. The van der Waals surface area contributed by atoms with Crippen LogP contribution in [0.5, 0.6) is 0 Å². The lowest BCUT2D eigenvalue weighted by Gasteiger charge is -2.22. The Kier molecular flexibility index (Phi) is 12.8. The van der Waals surface area contributed by atoms with Gasteiger partial charge < -0.3 is 10.4 Å². The summed E-state index contributed by atoms with van der Waals surface area (Å²) in [6, 6.07) is -0.237. The Hall–Kier alpha value is 0.450. The molecule has 2 N–H and O–H groups in total. The van der Waals surface area contributed by atoms with Gasteiger partial charge in [0, 0.05) is 18.6 Å². The number of aliphatic hydroxyl groups is 1. The molecule has 4 nitrogen and oxygen atoms in total. The minimum atomic E-state index is -3.45. The monoisotopic (exact) mass is 429 g/mol. The number of sulfone groups is 1. The number of hydrogen-bond donors (Lipinski definition) is 2. The molecule has 0 radical (unpaired) electrons. The first-order chi connectivity index (χ1) is 12.5. The summed E-state index contributed by atoms with van der Waals surface area (Å²) in [5.41, 5.74) is 0. The second-order valence-corrected chi connectivity index (χ2v) is 11.1. The van der Waals surface area contributed by atoms with Gasteiger partial charge in [0.2, 0.25) is 0 Å². The number of rotatable bonds is 15. The fourth-order valence-corrected chi connectivity index (χ4v) is 6.81. The van der Waals surface area contributed by atoms with E-state index in [2.05, 4.69) is 12.2 Å². The average molecular weight is 430 g/mol. The lowest BCUT2D eigenvalue weighted by molar-refractivity contribution is 0.282. The maximum atomic E-state index is 12.3. The molecule has 0 aromatic rings. The molecule has 26 heavy (non-hydrogen) atoms. The van der Waals surface area contributed by atoms with Crippen LogP contribution in [0.4, 0.5) is 0 Å². The third kappa shape index (κ3) is 7.83. The van der Waals surface area contributed by atoms with E-state index in [1.807, 2.05) is 0 Å². The summed E-state index contributed by atoms with van der Waals surface area (Å²) in [5, 5.41) is 12.1. The van der Waals surface area contributed by atoms with E-state index in [1.54, 1.807) is 0 Å². The highest BCUT2D eigenvalue weighted by Gasteiger charge is 2.52. The van der Waals surface area contributed by atoms with Crippen molar-refractivity contribution in [1.29, 1.82) is 0 Å². The molecule has 1 rings (SSSR count). The number of hydrogen-bond acceptors (Lipinski definition) is 4. The SMILES string of the molecule is CCCCCC1C(NCCCCCCCCCCO)C(Cl)S(=O)(=O)C1Cl. The van der Waals surface area contributed by atoms with Gasteiger partial charge in [-0.2, -0.15) is 0 Å². The van der Waals surface area contributed by atoms with Crippen molar-refractivity contribution in [2.24, 2.45) is 5.92 Å². The van der Waals surface area contributed by atoms with Crippen molar-refractivity contribution >= 4 is 33.0 Å². The summed E-state index contributed by atoms with van der Waals surface area (Å²) < 4.78 is 22.8. The molecule has 0 aliphatic carbocycles. The molecule has 0 spiro atoms. The van der Waals surface area contributed by atoms with E-state index in [-0.39, 0.29) is 12.0 Å².